The van der Waals surface area contributed by atoms with Gasteiger partial charge >= 0.3 is 12.0 Å². The van der Waals surface area contributed by atoms with Gasteiger partial charge in [0.1, 0.15) is 5.65 Å². The third-order valence-electron chi connectivity index (χ3n) is 5.92. The van der Waals surface area contributed by atoms with E-state index in [0.717, 1.165) is 24.0 Å². The average molecular weight is 469 g/mol. The molecule has 2 N–H and O–H groups in total. The minimum atomic E-state index is -0.208. The Hall–Kier alpha value is -4.53. The molecule has 0 aliphatic rings. The Kier molecular flexibility index (Phi) is 5.97. The highest BCUT2D eigenvalue weighted by atomic mass is 16.5. The van der Waals surface area contributed by atoms with E-state index in [1.807, 2.05) is 12.1 Å². The summed E-state index contributed by atoms with van der Waals surface area (Å²) >= 11 is 0. The summed E-state index contributed by atoms with van der Waals surface area (Å²) in [6, 6.07) is 9.17. The predicted octanol–water partition coefficient (Wildman–Crippen LogP) is 4.57. The Bertz CT molecular complexity index is 1530. The summed E-state index contributed by atoms with van der Waals surface area (Å²) in [5.41, 5.74) is 3.83. The minimum Gasteiger partial charge on any atom is -0.467 e. The second kappa shape index (κ2) is 9.38. The zero-order chi connectivity index (χ0) is 24.4. The number of nitrogens with zero attached hydrogens (tertiary/aromatic N) is 4. The number of aromatic amines is 1. The van der Waals surface area contributed by atoms with Gasteiger partial charge in [0.2, 0.25) is 0 Å². The molecule has 1 aromatic carbocycles. The molecule has 0 aliphatic carbocycles. The van der Waals surface area contributed by atoms with Crippen molar-refractivity contribution in [1.82, 2.24) is 29.8 Å². The van der Waals surface area contributed by atoms with Gasteiger partial charge in [0.25, 0.3) is 0 Å². The Morgan fingerprint density at radius 2 is 1.83 bits per heavy atom. The number of carbonyl (C=O) groups is 2. The van der Waals surface area contributed by atoms with Crippen LogP contribution in [0.2, 0.25) is 0 Å². The predicted molar refractivity (Wildman–Crippen MR) is 133 cm³/mol. The number of amides is 1. The smallest absolute Gasteiger partial charge is 0.326 e. The maximum Gasteiger partial charge on any atom is 0.326 e. The summed E-state index contributed by atoms with van der Waals surface area (Å²) < 4.78 is 6.57. The number of pyridine rings is 1. The first kappa shape index (κ1) is 22.3. The fourth-order valence-electron chi connectivity index (χ4n) is 4.06. The largest absolute Gasteiger partial charge is 0.467 e. The van der Waals surface area contributed by atoms with Gasteiger partial charge in [-0.25, -0.2) is 19.7 Å². The molecule has 0 fully saturated rings. The molecule has 5 aromatic rings. The van der Waals surface area contributed by atoms with Crippen LogP contribution in [0.15, 0.2) is 61.3 Å². The van der Waals surface area contributed by atoms with E-state index in [0.29, 0.717) is 39.6 Å². The van der Waals surface area contributed by atoms with Gasteiger partial charge < -0.3 is 15.0 Å². The Morgan fingerprint density at radius 3 is 2.60 bits per heavy atom. The number of H-pyrrole nitrogens is 1. The van der Waals surface area contributed by atoms with E-state index >= 15 is 0 Å². The number of aromatic nitrogens is 5. The molecule has 0 unspecified atom stereocenters. The van der Waals surface area contributed by atoms with E-state index in [9.17, 15) is 9.59 Å². The normalized spacial score (nSPS) is 11.1. The van der Waals surface area contributed by atoms with Crippen molar-refractivity contribution in [3.63, 3.8) is 0 Å². The highest BCUT2D eigenvalue weighted by Crippen LogP contribution is 2.28. The molecule has 5 rings (SSSR count). The number of fused-ring (bicyclic) bond motifs is 2. The number of hydrogen-bond acceptors (Lipinski definition) is 6. The van der Waals surface area contributed by atoms with E-state index in [-0.39, 0.29) is 17.8 Å². The van der Waals surface area contributed by atoms with Crippen LogP contribution >= 0.6 is 0 Å². The highest BCUT2D eigenvalue weighted by molar-refractivity contribution is 6.21. The number of carbonyl (C=O) groups excluding carboxylic acids is 2. The maximum absolute atomic E-state index is 13.7. The van der Waals surface area contributed by atoms with Gasteiger partial charge in [-0.15, -0.1) is 0 Å². The molecule has 1 amide bonds. The van der Waals surface area contributed by atoms with Crippen LogP contribution in [0.1, 0.15) is 35.7 Å². The Morgan fingerprint density at radius 1 is 1.03 bits per heavy atom. The second-order valence-corrected chi connectivity index (χ2v) is 8.12. The van der Waals surface area contributed by atoms with Crippen molar-refractivity contribution >= 4 is 33.8 Å². The van der Waals surface area contributed by atoms with E-state index in [2.05, 4.69) is 32.2 Å². The average Bonchev–Trinajstić information content (AvgIpc) is 3.52. The minimum absolute atomic E-state index is 0.157. The van der Waals surface area contributed by atoms with Crippen molar-refractivity contribution in [3.05, 3.63) is 72.4 Å². The van der Waals surface area contributed by atoms with Crippen molar-refractivity contribution in [2.75, 3.05) is 13.7 Å². The van der Waals surface area contributed by atoms with Crippen molar-refractivity contribution in [2.24, 2.45) is 0 Å². The topological polar surface area (TPSA) is 115 Å². The first-order valence-electron chi connectivity index (χ1n) is 11.4. The molecule has 4 heterocycles. The SMILES string of the molecule is CCCCNC(=O)n1ccc2c(C(=O)c3c[nH]c4ncc(-c5cnc(OC)nc5)cc34)cccc21. The van der Waals surface area contributed by atoms with Gasteiger partial charge in [0.05, 0.1) is 12.6 Å². The van der Waals surface area contributed by atoms with E-state index in [4.69, 9.17) is 4.74 Å². The maximum atomic E-state index is 13.7. The van der Waals surface area contributed by atoms with Crippen LogP contribution in [0.3, 0.4) is 0 Å². The van der Waals surface area contributed by atoms with Gasteiger partial charge in [-0.2, -0.15) is 0 Å². The van der Waals surface area contributed by atoms with Gasteiger partial charge in [-0.05, 0) is 24.6 Å². The molecule has 176 valence electrons. The lowest BCUT2D eigenvalue weighted by Crippen LogP contribution is -2.28. The summed E-state index contributed by atoms with van der Waals surface area (Å²) in [7, 11) is 1.51. The number of nitrogens with one attached hydrogen (secondary N) is 2. The van der Waals surface area contributed by atoms with Crippen LogP contribution in [-0.4, -0.2) is 50.0 Å². The summed E-state index contributed by atoms with van der Waals surface area (Å²) in [4.78, 5) is 42.1. The lowest BCUT2D eigenvalue weighted by molar-refractivity contribution is 0.104. The molecule has 0 spiro atoms. The summed E-state index contributed by atoms with van der Waals surface area (Å²) in [6.07, 6.45) is 10.3. The monoisotopic (exact) mass is 468 g/mol. The first-order chi connectivity index (χ1) is 17.1. The fourth-order valence-corrected chi connectivity index (χ4v) is 4.06. The van der Waals surface area contributed by atoms with Crippen LogP contribution in [0.5, 0.6) is 6.01 Å². The number of ketones is 1. The van der Waals surface area contributed by atoms with Crippen LogP contribution < -0.4 is 10.1 Å². The zero-order valence-corrected chi connectivity index (χ0v) is 19.4. The number of unbranched alkanes of at least 4 members (excludes halogenated alkanes) is 1. The summed E-state index contributed by atoms with van der Waals surface area (Å²) in [6.45, 7) is 2.68. The molecule has 0 bridgehead atoms. The van der Waals surface area contributed by atoms with Gasteiger partial charge in [0, 0.05) is 70.6 Å². The van der Waals surface area contributed by atoms with Gasteiger partial charge in [0.15, 0.2) is 5.78 Å². The summed E-state index contributed by atoms with van der Waals surface area (Å²) in [5.74, 6) is -0.157. The Balaban J connectivity index is 1.51. The van der Waals surface area contributed by atoms with Crippen molar-refractivity contribution in [2.45, 2.75) is 19.8 Å². The lowest BCUT2D eigenvalue weighted by atomic mass is 9.99. The molecule has 0 aliphatic heterocycles. The number of ether oxygens (including phenoxy) is 1. The Labute approximate surface area is 201 Å². The van der Waals surface area contributed by atoms with Crippen LogP contribution in [0.25, 0.3) is 33.1 Å². The lowest BCUT2D eigenvalue weighted by Gasteiger charge is -2.08. The zero-order valence-electron chi connectivity index (χ0n) is 19.4. The first-order valence-corrected chi connectivity index (χ1v) is 11.4. The van der Waals surface area contributed by atoms with E-state index < -0.39 is 0 Å². The van der Waals surface area contributed by atoms with E-state index in [1.165, 1.54) is 7.11 Å². The molecular weight excluding hydrogens is 444 g/mol. The molecular formula is C26H24N6O3. The molecule has 9 nitrogen and oxygen atoms in total. The molecule has 0 atom stereocenters. The molecule has 0 saturated carbocycles. The fraction of sp³-hybridized carbons (Fsp3) is 0.192. The van der Waals surface area contributed by atoms with Crippen molar-refractivity contribution in [1.29, 1.82) is 0 Å². The number of benzene rings is 1. The van der Waals surface area contributed by atoms with E-state index in [1.54, 1.807) is 53.8 Å². The summed E-state index contributed by atoms with van der Waals surface area (Å²) in [5, 5.41) is 4.32. The van der Waals surface area contributed by atoms with Gasteiger partial charge in [-0.3, -0.25) is 9.36 Å². The third-order valence-corrected chi connectivity index (χ3v) is 5.92. The van der Waals surface area contributed by atoms with Crippen LogP contribution in [0, 0.1) is 0 Å². The molecule has 35 heavy (non-hydrogen) atoms. The molecule has 9 heteroatoms. The van der Waals surface area contributed by atoms with Crippen LogP contribution in [-0.2, 0) is 0 Å². The number of hydrogen-bond donors (Lipinski definition) is 2. The number of methoxy groups -OCH3 is 1. The third kappa shape index (κ3) is 4.12. The molecule has 4 aromatic heterocycles. The molecule has 0 saturated heterocycles. The van der Waals surface area contributed by atoms with Crippen molar-refractivity contribution in [3.8, 4) is 17.1 Å². The number of rotatable bonds is 7. The molecule has 0 radical (unpaired) electrons. The van der Waals surface area contributed by atoms with Gasteiger partial charge in [-0.1, -0.05) is 25.5 Å². The quantitative estimate of drug-likeness (QED) is 0.267. The second-order valence-electron chi connectivity index (χ2n) is 8.12. The standard InChI is InChI=1S/C26H24N6O3/c1-3-4-9-27-26(34)32-10-8-18-19(6-5-7-22(18)32)23(33)21-15-29-24-20(21)11-16(12-28-24)17-13-30-25(35-2)31-14-17/h5-8,10-15H,3-4,9H2,1-2H3,(H,27,34)(H,28,29). The van der Waals surface area contributed by atoms with Crippen molar-refractivity contribution < 1.29 is 14.3 Å². The highest BCUT2D eigenvalue weighted by Gasteiger charge is 2.20. The van der Waals surface area contributed by atoms with Crippen LogP contribution in [0.4, 0.5) is 4.79 Å².